The van der Waals surface area contributed by atoms with Crippen molar-refractivity contribution < 1.29 is 24.0 Å². The van der Waals surface area contributed by atoms with Crippen LogP contribution in [0.5, 0.6) is 0 Å². The molecule has 7 heteroatoms. The van der Waals surface area contributed by atoms with E-state index in [2.05, 4.69) is 10.2 Å². The van der Waals surface area contributed by atoms with Crippen molar-refractivity contribution >= 4 is 23.3 Å². The van der Waals surface area contributed by atoms with Crippen molar-refractivity contribution in [2.75, 3.05) is 56.2 Å². The normalized spacial score (nSPS) is 16.8. The van der Waals surface area contributed by atoms with Crippen molar-refractivity contribution in [2.45, 2.75) is 19.4 Å². The second kappa shape index (κ2) is 10.4. The highest BCUT2D eigenvalue weighted by atomic mass is 16.5. The molecule has 2 aliphatic rings. The van der Waals surface area contributed by atoms with Gasteiger partial charge in [0.15, 0.2) is 6.61 Å². The van der Waals surface area contributed by atoms with Gasteiger partial charge in [-0.3, -0.25) is 4.79 Å². The number of hydrogen-bond donors (Lipinski definition) is 2. The molecule has 2 aliphatic heterocycles. The summed E-state index contributed by atoms with van der Waals surface area (Å²) in [6.07, 6.45) is 2.45. The Balaban J connectivity index is 1.22. The van der Waals surface area contributed by atoms with Crippen molar-refractivity contribution in [1.82, 2.24) is 0 Å². The highest BCUT2D eigenvalue weighted by Gasteiger charge is 2.16. The van der Waals surface area contributed by atoms with Gasteiger partial charge in [-0.25, -0.2) is 4.79 Å². The van der Waals surface area contributed by atoms with Crippen LogP contribution in [0.25, 0.3) is 0 Å². The Bertz CT molecular complexity index is 871. The quantitative estimate of drug-likeness (QED) is 0.659. The summed E-state index contributed by atoms with van der Waals surface area (Å²) in [6, 6.07) is 15.2. The fraction of sp³-hybridized carbons (Fsp3) is 0.417. The summed E-state index contributed by atoms with van der Waals surface area (Å²) < 4.78 is 10.6. The van der Waals surface area contributed by atoms with Gasteiger partial charge in [-0.1, -0.05) is 12.1 Å². The van der Waals surface area contributed by atoms with Gasteiger partial charge >= 0.3 is 5.97 Å². The molecule has 2 N–H and O–H groups in total. The minimum Gasteiger partial charge on any atom is -0.452 e. The Kier molecular flexibility index (Phi) is 7.17. The molecule has 31 heavy (non-hydrogen) atoms. The van der Waals surface area contributed by atoms with Gasteiger partial charge < -0.3 is 24.6 Å². The van der Waals surface area contributed by atoms with E-state index in [0.717, 1.165) is 45.9 Å². The number of carbonyl (C=O) groups excluding carboxylic acids is 2. The maximum absolute atomic E-state index is 12.3. The topological polar surface area (TPSA) is 72.3 Å². The van der Waals surface area contributed by atoms with E-state index in [4.69, 9.17) is 9.47 Å². The van der Waals surface area contributed by atoms with E-state index >= 15 is 0 Å². The van der Waals surface area contributed by atoms with Crippen LogP contribution in [0.15, 0.2) is 48.5 Å². The Hall–Kier alpha value is -2.90. The summed E-state index contributed by atoms with van der Waals surface area (Å²) >= 11 is 0. The summed E-state index contributed by atoms with van der Waals surface area (Å²) in [4.78, 5) is 28.2. The number of hydrogen-bond acceptors (Lipinski definition) is 5. The van der Waals surface area contributed by atoms with Gasteiger partial charge in [0, 0.05) is 30.0 Å². The first-order chi connectivity index (χ1) is 15.2. The highest BCUT2D eigenvalue weighted by Crippen LogP contribution is 2.22. The molecular formula is C24H30N3O4+. The second-order valence-electron chi connectivity index (χ2n) is 8.10. The fourth-order valence-electron chi connectivity index (χ4n) is 4.03. The van der Waals surface area contributed by atoms with Crippen molar-refractivity contribution in [3.8, 4) is 0 Å². The molecule has 0 unspecified atom stereocenters. The summed E-state index contributed by atoms with van der Waals surface area (Å²) in [6.45, 7) is 6.35. The summed E-state index contributed by atoms with van der Waals surface area (Å²) in [5, 5.41) is 2.77. The zero-order chi connectivity index (χ0) is 21.5. The van der Waals surface area contributed by atoms with E-state index in [-0.39, 0.29) is 12.5 Å². The zero-order valence-electron chi connectivity index (χ0n) is 17.8. The van der Waals surface area contributed by atoms with Gasteiger partial charge in [-0.2, -0.15) is 0 Å². The lowest BCUT2D eigenvalue weighted by Crippen LogP contribution is -3.12. The lowest BCUT2D eigenvalue weighted by atomic mass is 10.1. The van der Waals surface area contributed by atoms with Crippen LogP contribution in [-0.4, -0.2) is 57.9 Å². The van der Waals surface area contributed by atoms with Gasteiger partial charge in [-0.05, 0) is 49.2 Å². The number of nitrogens with one attached hydrogen (secondary N) is 2. The molecule has 7 nitrogen and oxygen atoms in total. The predicted molar refractivity (Wildman–Crippen MR) is 118 cm³/mol. The third-order valence-electron chi connectivity index (χ3n) is 5.80. The number of quaternary nitrogens is 1. The molecule has 1 amide bonds. The van der Waals surface area contributed by atoms with Crippen LogP contribution >= 0.6 is 0 Å². The molecule has 164 valence electrons. The molecule has 0 bridgehead atoms. The lowest BCUT2D eigenvalue weighted by Gasteiger charge is -2.23. The summed E-state index contributed by atoms with van der Waals surface area (Å²) in [5.74, 6) is -0.848. The number of anilines is 2. The third-order valence-corrected chi connectivity index (χ3v) is 5.80. The molecule has 0 saturated carbocycles. The average molecular weight is 425 g/mol. The van der Waals surface area contributed by atoms with Crippen molar-refractivity contribution in [1.29, 1.82) is 0 Å². The third kappa shape index (κ3) is 6.06. The van der Waals surface area contributed by atoms with Gasteiger partial charge in [0.25, 0.3) is 5.91 Å². The average Bonchev–Trinajstić information content (AvgIpc) is 3.34. The first-order valence-electron chi connectivity index (χ1n) is 11.0. The number of ether oxygens (including phenoxy) is 2. The minimum absolute atomic E-state index is 0.313. The number of benzene rings is 2. The van der Waals surface area contributed by atoms with Gasteiger partial charge in [0.1, 0.15) is 19.6 Å². The van der Waals surface area contributed by atoms with Crippen LogP contribution in [0.4, 0.5) is 11.4 Å². The number of morpholine rings is 1. The van der Waals surface area contributed by atoms with E-state index in [1.807, 2.05) is 36.4 Å². The van der Waals surface area contributed by atoms with Crippen LogP contribution in [0.2, 0.25) is 0 Å². The van der Waals surface area contributed by atoms with Crippen LogP contribution in [0.1, 0.15) is 28.8 Å². The molecule has 4 rings (SSSR count). The number of amides is 1. The summed E-state index contributed by atoms with van der Waals surface area (Å²) in [5.41, 5.74) is 3.48. The van der Waals surface area contributed by atoms with E-state index in [0.29, 0.717) is 11.3 Å². The van der Waals surface area contributed by atoms with E-state index in [9.17, 15) is 9.59 Å². The molecule has 0 aliphatic carbocycles. The lowest BCUT2D eigenvalue weighted by molar-refractivity contribution is -0.921. The van der Waals surface area contributed by atoms with Gasteiger partial charge in [0.05, 0.1) is 18.8 Å². The van der Waals surface area contributed by atoms with Crippen LogP contribution in [0, 0.1) is 0 Å². The molecule has 0 spiro atoms. The van der Waals surface area contributed by atoms with E-state index < -0.39 is 5.97 Å². The maximum atomic E-state index is 12.3. The fourth-order valence-corrected chi connectivity index (χ4v) is 4.03. The number of nitrogens with zero attached hydrogens (tertiary/aromatic N) is 1. The first kappa shape index (κ1) is 21.3. The van der Waals surface area contributed by atoms with Gasteiger partial charge in [-0.15, -0.1) is 0 Å². The molecule has 0 atom stereocenters. The molecule has 2 saturated heterocycles. The number of esters is 1. The van der Waals surface area contributed by atoms with E-state index in [1.165, 1.54) is 29.0 Å². The molecule has 0 radical (unpaired) electrons. The largest absolute Gasteiger partial charge is 0.452 e. The number of carbonyl (C=O) groups is 2. The highest BCUT2D eigenvalue weighted by molar-refractivity contribution is 5.95. The monoisotopic (exact) mass is 424 g/mol. The molecule has 2 heterocycles. The molecule has 2 fully saturated rings. The van der Waals surface area contributed by atoms with Crippen LogP contribution in [0.3, 0.4) is 0 Å². The molecular weight excluding hydrogens is 394 g/mol. The maximum Gasteiger partial charge on any atom is 0.338 e. The molecule has 0 aromatic heterocycles. The smallest absolute Gasteiger partial charge is 0.338 e. The first-order valence-corrected chi connectivity index (χ1v) is 11.0. The van der Waals surface area contributed by atoms with Crippen LogP contribution in [-0.2, 0) is 20.8 Å². The Morgan fingerprint density at radius 3 is 2.32 bits per heavy atom. The molecule has 2 aromatic carbocycles. The molecule has 2 aromatic rings. The Morgan fingerprint density at radius 2 is 1.65 bits per heavy atom. The predicted octanol–water partition coefficient (Wildman–Crippen LogP) is 1.50. The Labute approximate surface area is 182 Å². The number of rotatable bonds is 7. The SMILES string of the molecule is O=C(COC(=O)c1ccc(C[NH+]2CCOCC2)cc1)Nc1ccc(N2CCCC2)cc1. The second-order valence-corrected chi connectivity index (χ2v) is 8.10. The van der Waals surface area contributed by atoms with Crippen molar-refractivity contribution in [3.05, 3.63) is 59.7 Å². The Morgan fingerprint density at radius 1 is 0.968 bits per heavy atom. The van der Waals surface area contributed by atoms with Crippen molar-refractivity contribution in [2.24, 2.45) is 0 Å². The van der Waals surface area contributed by atoms with Gasteiger partial charge in [0.2, 0.25) is 0 Å². The van der Waals surface area contributed by atoms with Crippen molar-refractivity contribution in [3.63, 3.8) is 0 Å². The zero-order valence-corrected chi connectivity index (χ0v) is 17.8. The standard InChI is InChI=1S/C24H29N3O4/c28-23(25-21-7-9-22(10-8-21)27-11-1-2-12-27)18-31-24(29)20-5-3-19(4-6-20)17-26-13-15-30-16-14-26/h3-10H,1-2,11-18H2,(H,25,28)/p+1. The van der Waals surface area contributed by atoms with E-state index in [1.54, 1.807) is 12.1 Å². The minimum atomic E-state index is -0.496. The van der Waals surface area contributed by atoms with Crippen LogP contribution < -0.4 is 15.1 Å². The summed E-state index contributed by atoms with van der Waals surface area (Å²) in [7, 11) is 0.